The van der Waals surface area contributed by atoms with Crippen molar-refractivity contribution in [2.75, 3.05) is 0 Å². The van der Waals surface area contributed by atoms with E-state index in [0.29, 0.717) is 17.4 Å². The molecule has 0 radical (unpaired) electrons. The third-order valence-corrected chi connectivity index (χ3v) is 7.07. The molecule has 7 rings (SSSR count). The van der Waals surface area contributed by atoms with E-state index in [2.05, 4.69) is 45.3 Å². The van der Waals surface area contributed by atoms with Gasteiger partial charge in [0, 0.05) is 48.3 Å². The molecule has 0 saturated carbocycles. The van der Waals surface area contributed by atoms with Crippen LogP contribution in [0.5, 0.6) is 0 Å². The van der Waals surface area contributed by atoms with Crippen LogP contribution < -0.4 is 0 Å². The molecule has 4 aromatic heterocycles. The van der Waals surface area contributed by atoms with E-state index in [1.54, 1.807) is 17.5 Å². The number of rotatable bonds is 2. The largest absolute Gasteiger partial charge is 0.438 e. The van der Waals surface area contributed by atoms with Gasteiger partial charge < -0.3 is 4.42 Å². The van der Waals surface area contributed by atoms with Crippen LogP contribution in [0.15, 0.2) is 83.4 Å². The van der Waals surface area contributed by atoms with Crippen molar-refractivity contribution >= 4 is 65.2 Å². The van der Waals surface area contributed by atoms with Gasteiger partial charge in [-0.15, -0.1) is 11.3 Å². The number of thiophene rings is 1. The highest BCUT2D eigenvalue weighted by Crippen LogP contribution is 2.40. The van der Waals surface area contributed by atoms with Gasteiger partial charge in [0.25, 0.3) is 0 Å². The molecular weight excluding hydrogens is 452 g/mol. The lowest BCUT2D eigenvalue weighted by Crippen LogP contribution is -1.98. The zero-order chi connectivity index (χ0) is 21.9. The van der Waals surface area contributed by atoms with Crippen molar-refractivity contribution in [2.45, 2.75) is 0 Å². The number of hydrogen-bond acceptors (Lipinski definition) is 6. The van der Waals surface area contributed by atoms with Crippen molar-refractivity contribution < 1.29 is 4.42 Å². The summed E-state index contributed by atoms with van der Waals surface area (Å²) in [5.41, 5.74) is 3.06. The third kappa shape index (κ3) is 2.85. The number of halogens is 1. The lowest BCUT2D eigenvalue weighted by Gasteiger charge is -2.07. The predicted octanol–water partition coefficient (Wildman–Crippen LogP) is 7.52. The topological polar surface area (TPSA) is 64.7 Å². The first-order valence-electron chi connectivity index (χ1n) is 10.3. The smallest absolute Gasteiger partial charge is 0.227 e. The van der Waals surface area contributed by atoms with Gasteiger partial charge in [0.05, 0.1) is 0 Å². The van der Waals surface area contributed by atoms with Crippen molar-refractivity contribution in [3.63, 3.8) is 0 Å². The molecule has 0 N–H and O–H groups in total. The molecule has 156 valence electrons. The van der Waals surface area contributed by atoms with E-state index in [1.807, 2.05) is 42.5 Å². The molecule has 0 saturated heterocycles. The molecule has 0 bridgehead atoms. The molecule has 0 amide bonds. The standard InChI is InChI=1S/C26H13ClN4OS/c27-26-30-23(15-7-3-10-18-21(15)17-9-5-13-28-25(17)32-18)29-24(31-26)16-8-4-12-20-22(16)14-6-1-2-11-19(14)33-20/h1-13H. The normalized spacial score (nSPS) is 11.8. The number of benzene rings is 3. The fourth-order valence-electron chi connectivity index (χ4n) is 4.40. The Morgan fingerprint density at radius 3 is 2.27 bits per heavy atom. The highest BCUT2D eigenvalue weighted by Gasteiger charge is 2.18. The van der Waals surface area contributed by atoms with Crippen LogP contribution in [-0.4, -0.2) is 19.9 Å². The van der Waals surface area contributed by atoms with Crippen molar-refractivity contribution in [1.29, 1.82) is 0 Å². The Morgan fingerprint density at radius 2 is 1.39 bits per heavy atom. The van der Waals surface area contributed by atoms with Gasteiger partial charge in [-0.1, -0.05) is 42.5 Å². The summed E-state index contributed by atoms with van der Waals surface area (Å²) < 4.78 is 8.35. The van der Waals surface area contributed by atoms with Gasteiger partial charge in [-0.25, -0.2) is 9.97 Å². The predicted molar refractivity (Wildman–Crippen MR) is 134 cm³/mol. The summed E-state index contributed by atoms with van der Waals surface area (Å²) >= 11 is 8.20. The van der Waals surface area contributed by atoms with Gasteiger partial charge in [0.2, 0.25) is 11.0 Å². The summed E-state index contributed by atoms with van der Waals surface area (Å²) in [5, 5.41) is 4.28. The fourth-order valence-corrected chi connectivity index (χ4v) is 5.69. The van der Waals surface area contributed by atoms with Crippen LogP contribution in [0.1, 0.15) is 0 Å². The van der Waals surface area contributed by atoms with Gasteiger partial charge in [-0.2, -0.15) is 9.97 Å². The van der Waals surface area contributed by atoms with Gasteiger partial charge in [-0.3, -0.25) is 0 Å². The van der Waals surface area contributed by atoms with Gasteiger partial charge in [0.15, 0.2) is 11.6 Å². The first-order chi connectivity index (χ1) is 16.3. The minimum atomic E-state index is 0.148. The fraction of sp³-hybridized carbons (Fsp3) is 0. The molecule has 5 nitrogen and oxygen atoms in total. The van der Waals surface area contributed by atoms with Crippen LogP contribution in [0, 0.1) is 0 Å². The average Bonchev–Trinajstić information content (AvgIpc) is 3.42. The van der Waals surface area contributed by atoms with E-state index in [1.165, 1.54) is 14.8 Å². The summed E-state index contributed by atoms with van der Waals surface area (Å²) in [6, 6.07) is 24.2. The molecule has 0 spiro atoms. The maximum atomic E-state index is 6.44. The van der Waals surface area contributed by atoms with Gasteiger partial charge in [-0.05, 0) is 41.9 Å². The van der Waals surface area contributed by atoms with Crippen molar-refractivity contribution in [2.24, 2.45) is 0 Å². The number of aromatic nitrogens is 4. The SMILES string of the molecule is Clc1nc(-c2cccc3oc4ncccc4c23)nc(-c2cccc3sc4ccccc4c23)n1. The number of fused-ring (bicyclic) bond motifs is 6. The van der Waals surface area contributed by atoms with Crippen LogP contribution in [-0.2, 0) is 0 Å². The maximum absolute atomic E-state index is 6.44. The number of furan rings is 1. The van der Waals surface area contributed by atoms with E-state index in [0.717, 1.165) is 32.9 Å². The highest BCUT2D eigenvalue weighted by molar-refractivity contribution is 7.25. The quantitative estimate of drug-likeness (QED) is 0.264. The zero-order valence-corrected chi connectivity index (χ0v) is 18.6. The molecule has 0 atom stereocenters. The molecule has 7 aromatic rings. The lowest BCUT2D eigenvalue weighted by molar-refractivity contribution is 0.654. The van der Waals surface area contributed by atoms with Crippen LogP contribution in [0.2, 0.25) is 5.28 Å². The molecule has 33 heavy (non-hydrogen) atoms. The molecule has 7 heteroatoms. The minimum absolute atomic E-state index is 0.148. The van der Waals surface area contributed by atoms with E-state index in [9.17, 15) is 0 Å². The van der Waals surface area contributed by atoms with Crippen molar-refractivity contribution in [3.05, 3.63) is 84.3 Å². The zero-order valence-electron chi connectivity index (χ0n) is 17.0. The number of pyridine rings is 1. The van der Waals surface area contributed by atoms with E-state index in [-0.39, 0.29) is 5.28 Å². The first-order valence-corrected chi connectivity index (χ1v) is 11.5. The van der Waals surface area contributed by atoms with Gasteiger partial charge in [0.1, 0.15) is 5.58 Å². The molecule has 0 unspecified atom stereocenters. The minimum Gasteiger partial charge on any atom is -0.438 e. The molecular formula is C26H13ClN4OS. The molecule has 0 aliphatic rings. The Bertz CT molecular complexity index is 1720. The Morgan fingerprint density at radius 1 is 0.667 bits per heavy atom. The summed E-state index contributed by atoms with van der Waals surface area (Å²) in [5.74, 6) is 1.04. The summed E-state index contributed by atoms with van der Waals surface area (Å²) in [6.07, 6.45) is 1.72. The molecule has 0 aliphatic carbocycles. The monoisotopic (exact) mass is 464 g/mol. The van der Waals surface area contributed by atoms with E-state index in [4.69, 9.17) is 21.0 Å². The Hall–Kier alpha value is -3.87. The molecule has 3 aromatic carbocycles. The highest BCUT2D eigenvalue weighted by atomic mass is 35.5. The van der Waals surface area contributed by atoms with Crippen LogP contribution in [0.25, 0.3) is 65.0 Å². The summed E-state index contributed by atoms with van der Waals surface area (Å²) in [7, 11) is 0. The number of hydrogen-bond donors (Lipinski definition) is 0. The lowest BCUT2D eigenvalue weighted by atomic mass is 10.0. The maximum Gasteiger partial charge on any atom is 0.227 e. The molecule has 4 heterocycles. The van der Waals surface area contributed by atoms with Crippen LogP contribution in [0.4, 0.5) is 0 Å². The Balaban J connectivity index is 1.52. The van der Waals surface area contributed by atoms with E-state index >= 15 is 0 Å². The Labute approximate surface area is 196 Å². The van der Waals surface area contributed by atoms with Crippen molar-refractivity contribution in [3.8, 4) is 22.8 Å². The first kappa shape index (κ1) is 18.7. The summed E-state index contributed by atoms with van der Waals surface area (Å²) in [6.45, 7) is 0. The second-order valence-electron chi connectivity index (χ2n) is 7.67. The van der Waals surface area contributed by atoms with Crippen LogP contribution in [0.3, 0.4) is 0 Å². The number of nitrogens with zero attached hydrogens (tertiary/aromatic N) is 4. The molecule has 0 aliphatic heterocycles. The van der Waals surface area contributed by atoms with Crippen LogP contribution >= 0.6 is 22.9 Å². The second kappa shape index (κ2) is 7.07. The average molecular weight is 465 g/mol. The molecule has 0 fully saturated rings. The van der Waals surface area contributed by atoms with Crippen molar-refractivity contribution in [1.82, 2.24) is 19.9 Å². The Kier molecular flexibility index (Phi) is 4.00. The van der Waals surface area contributed by atoms with Gasteiger partial charge >= 0.3 is 0 Å². The van der Waals surface area contributed by atoms with E-state index < -0.39 is 0 Å². The third-order valence-electron chi connectivity index (χ3n) is 5.77. The summed E-state index contributed by atoms with van der Waals surface area (Å²) in [4.78, 5) is 18.2. The second-order valence-corrected chi connectivity index (χ2v) is 9.09.